The molecular formula is C21H18N4O5. The summed E-state index contributed by atoms with van der Waals surface area (Å²) < 4.78 is 11.5. The van der Waals surface area contributed by atoms with Crippen molar-refractivity contribution >= 4 is 23.2 Å². The lowest BCUT2D eigenvalue weighted by Crippen LogP contribution is -2.43. The molecule has 2 N–H and O–H groups in total. The molecule has 1 aromatic heterocycles. The number of nitrogens with zero attached hydrogens (tertiary/aromatic N) is 3. The number of benzene rings is 2. The summed E-state index contributed by atoms with van der Waals surface area (Å²) in [5, 5.41) is 11.2. The number of carbonyl (C=O) groups is 1. The summed E-state index contributed by atoms with van der Waals surface area (Å²) in [5.41, 5.74) is 6.98. The van der Waals surface area contributed by atoms with Gasteiger partial charge in [-0.3, -0.25) is 9.69 Å². The molecule has 1 aliphatic rings. The Bertz CT molecular complexity index is 1090. The number of pyridine rings is 1. The predicted molar refractivity (Wildman–Crippen MR) is 109 cm³/mol. The van der Waals surface area contributed by atoms with Crippen LogP contribution in [0.3, 0.4) is 0 Å². The molecule has 0 saturated heterocycles. The lowest BCUT2D eigenvalue weighted by molar-refractivity contribution is -0.389. The fourth-order valence-electron chi connectivity index (χ4n) is 3.15. The van der Waals surface area contributed by atoms with Crippen LogP contribution in [0.4, 0.5) is 17.3 Å². The molecule has 9 nitrogen and oxygen atoms in total. The number of nitro groups is 1. The molecular weight excluding hydrogens is 388 g/mol. The molecule has 0 fully saturated rings. The lowest BCUT2D eigenvalue weighted by atomic mass is 10.1. The van der Waals surface area contributed by atoms with Crippen LogP contribution in [-0.2, 0) is 4.79 Å². The molecule has 4 rings (SSSR count). The first-order valence-corrected chi connectivity index (χ1v) is 9.19. The highest BCUT2D eigenvalue weighted by Gasteiger charge is 2.39. The van der Waals surface area contributed by atoms with Gasteiger partial charge < -0.3 is 25.3 Å². The van der Waals surface area contributed by atoms with Crippen molar-refractivity contribution in [3.63, 3.8) is 0 Å². The third-order valence-electron chi connectivity index (χ3n) is 4.55. The van der Waals surface area contributed by atoms with Crippen molar-refractivity contribution in [2.75, 3.05) is 23.8 Å². The van der Waals surface area contributed by atoms with Gasteiger partial charge in [0, 0.05) is 23.4 Å². The van der Waals surface area contributed by atoms with E-state index in [2.05, 4.69) is 4.98 Å². The van der Waals surface area contributed by atoms with Crippen molar-refractivity contribution in [3.05, 3.63) is 82.4 Å². The minimum atomic E-state index is -0.880. The lowest BCUT2D eigenvalue weighted by Gasteiger charge is -2.31. The highest BCUT2D eigenvalue weighted by atomic mass is 16.6. The van der Waals surface area contributed by atoms with Gasteiger partial charge in [0.15, 0.2) is 5.75 Å². The third-order valence-corrected chi connectivity index (χ3v) is 4.55. The summed E-state index contributed by atoms with van der Waals surface area (Å²) in [6.07, 6.45) is -0.880. The van der Waals surface area contributed by atoms with Gasteiger partial charge >= 0.3 is 5.82 Å². The van der Waals surface area contributed by atoms with E-state index in [1.165, 1.54) is 17.0 Å². The van der Waals surface area contributed by atoms with Gasteiger partial charge in [0.1, 0.15) is 12.4 Å². The Hall–Kier alpha value is -4.14. The number of fused-ring (bicyclic) bond motifs is 1. The molecule has 2 heterocycles. The van der Waals surface area contributed by atoms with Gasteiger partial charge in [0.2, 0.25) is 6.10 Å². The highest BCUT2D eigenvalue weighted by molar-refractivity contribution is 5.99. The monoisotopic (exact) mass is 406 g/mol. The molecule has 0 spiro atoms. The largest absolute Gasteiger partial charge is 0.492 e. The quantitative estimate of drug-likeness (QED) is 0.379. The minimum absolute atomic E-state index is 0.0950. The summed E-state index contributed by atoms with van der Waals surface area (Å²) in [6.45, 7) is 0.266. The van der Waals surface area contributed by atoms with Gasteiger partial charge in [-0.1, -0.05) is 36.4 Å². The zero-order valence-electron chi connectivity index (χ0n) is 15.8. The maximum absolute atomic E-state index is 13.2. The van der Waals surface area contributed by atoms with Gasteiger partial charge in [-0.05, 0) is 28.1 Å². The first-order valence-electron chi connectivity index (χ1n) is 9.19. The van der Waals surface area contributed by atoms with Crippen LogP contribution < -0.4 is 20.1 Å². The van der Waals surface area contributed by atoms with Crippen molar-refractivity contribution in [2.45, 2.75) is 6.10 Å². The van der Waals surface area contributed by atoms with Crippen LogP contribution in [0.15, 0.2) is 66.7 Å². The van der Waals surface area contributed by atoms with Crippen LogP contribution in [0.1, 0.15) is 11.7 Å². The second-order valence-corrected chi connectivity index (χ2v) is 6.57. The first kappa shape index (κ1) is 19.2. The second kappa shape index (κ2) is 8.08. The van der Waals surface area contributed by atoms with E-state index in [9.17, 15) is 14.9 Å². The second-order valence-electron chi connectivity index (χ2n) is 6.57. The van der Waals surface area contributed by atoms with Crippen LogP contribution in [0.5, 0.6) is 11.5 Å². The Balaban J connectivity index is 1.62. The summed E-state index contributed by atoms with van der Waals surface area (Å²) in [5.74, 6) is 0.195. The number of hydrogen-bond acceptors (Lipinski definition) is 7. The number of hydrogen-bond donors (Lipinski definition) is 1. The van der Waals surface area contributed by atoms with Crippen molar-refractivity contribution < 1.29 is 19.2 Å². The maximum atomic E-state index is 13.2. The van der Waals surface area contributed by atoms with E-state index >= 15 is 0 Å². The summed E-state index contributed by atoms with van der Waals surface area (Å²) in [4.78, 5) is 29.1. The van der Waals surface area contributed by atoms with E-state index in [1.807, 2.05) is 18.2 Å². The Labute approximate surface area is 171 Å². The Morgan fingerprint density at radius 2 is 1.93 bits per heavy atom. The van der Waals surface area contributed by atoms with Crippen molar-refractivity contribution in [1.82, 2.24) is 4.98 Å². The molecule has 1 atom stereocenters. The molecule has 152 valence electrons. The third kappa shape index (κ3) is 3.86. The molecule has 0 saturated carbocycles. The number of nitrogen functional groups attached to an aromatic ring is 1. The standard InChI is InChI=1S/C21H18N4O5/c22-15-7-4-8-16(13-15)29-12-11-24-20-17(9-10-18(23-20)25(27)28)30-19(21(24)26)14-5-2-1-3-6-14/h1-10,13,19H,11-12,22H2. The van der Waals surface area contributed by atoms with Crippen LogP contribution in [0.25, 0.3) is 0 Å². The van der Waals surface area contributed by atoms with Crippen molar-refractivity contribution in [2.24, 2.45) is 0 Å². The highest BCUT2D eigenvalue weighted by Crippen LogP contribution is 2.38. The first-order chi connectivity index (χ1) is 14.5. The Morgan fingerprint density at radius 1 is 1.13 bits per heavy atom. The normalized spacial score (nSPS) is 15.3. The summed E-state index contributed by atoms with van der Waals surface area (Å²) in [6, 6.07) is 18.7. The Kier molecular flexibility index (Phi) is 5.17. The van der Waals surface area contributed by atoms with Crippen LogP contribution >= 0.6 is 0 Å². The van der Waals surface area contributed by atoms with Crippen molar-refractivity contribution in [3.8, 4) is 11.5 Å². The fourth-order valence-corrected chi connectivity index (χ4v) is 3.15. The molecule has 1 unspecified atom stereocenters. The predicted octanol–water partition coefficient (Wildman–Crippen LogP) is 3.12. The van der Waals surface area contributed by atoms with Crippen LogP contribution in [0, 0.1) is 10.1 Å². The molecule has 1 amide bonds. The fraction of sp³-hybridized carbons (Fsp3) is 0.143. The van der Waals surface area contributed by atoms with Crippen LogP contribution in [0.2, 0.25) is 0 Å². The molecule has 30 heavy (non-hydrogen) atoms. The SMILES string of the molecule is Nc1cccc(OCCN2C(=O)C(c3ccccc3)Oc3ccc([N+](=O)[O-])nc32)c1. The van der Waals surface area contributed by atoms with Gasteiger partial charge in [-0.2, -0.15) is 0 Å². The van der Waals surface area contributed by atoms with E-state index in [-0.39, 0.29) is 36.4 Å². The smallest absolute Gasteiger partial charge is 0.366 e. The molecule has 2 aromatic carbocycles. The van der Waals surface area contributed by atoms with Gasteiger partial charge in [-0.25, -0.2) is 0 Å². The molecule has 9 heteroatoms. The summed E-state index contributed by atoms with van der Waals surface area (Å²) >= 11 is 0. The average molecular weight is 406 g/mol. The van der Waals surface area contributed by atoms with E-state index < -0.39 is 11.0 Å². The van der Waals surface area contributed by atoms with Crippen LogP contribution in [-0.4, -0.2) is 29.0 Å². The zero-order valence-corrected chi connectivity index (χ0v) is 15.8. The maximum Gasteiger partial charge on any atom is 0.366 e. The molecule has 0 bridgehead atoms. The summed E-state index contributed by atoms with van der Waals surface area (Å²) in [7, 11) is 0. The van der Waals surface area contributed by atoms with E-state index in [1.54, 1.807) is 36.4 Å². The number of ether oxygens (including phenoxy) is 2. The molecule has 0 radical (unpaired) electrons. The van der Waals surface area contributed by atoms with E-state index in [0.717, 1.165) is 0 Å². The molecule has 3 aromatic rings. The average Bonchev–Trinajstić information content (AvgIpc) is 2.75. The number of anilines is 2. The topological polar surface area (TPSA) is 121 Å². The molecule has 0 aliphatic carbocycles. The van der Waals surface area contributed by atoms with E-state index in [4.69, 9.17) is 15.2 Å². The minimum Gasteiger partial charge on any atom is -0.492 e. The van der Waals surface area contributed by atoms with Crippen molar-refractivity contribution in [1.29, 1.82) is 0 Å². The number of carbonyl (C=O) groups excluding carboxylic acids is 1. The number of nitrogens with two attached hydrogens (primary N) is 1. The number of rotatable bonds is 6. The van der Waals surface area contributed by atoms with Gasteiger partial charge in [0.25, 0.3) is 11.7 Å². The van der Waals surface area contributed by atoms with E-state index in [0.29, 0.717) is 17.0 Å². The van der Waals surface area contributed by atoms with Gasteiger partial charge in [-0.15, -0.1) is 0 Å². The van der Waals surface area contributed by atoms with Gasteiger partial charge in [0.05, 0.1) is 6.54 Å². The molecule has 1 aliphatic heterocycles. The number of aromatic nitrogens is 1. The Morgan fingerprint density at radius 3 is 2.67 bits per heavy atom. The zero-order chi connectivity index (χ0) is 21.1. The number of amides is 1.